The van der Waals surface area contributed by atoms with Crippen LogP contribution in [0.25, 0.3) is 0 Å². The number of pyridine rings is 1. The highest BCUT2D eigenvalue weighted by molar-refractivity contribution is 6.29. The van der Waals surface area contributed by atoms with Gasteiger partial charge in [-0.05, 0) is 24.3 Å². The van der Waals surface area contributed by atoms with E-state index in [0.29, 0.717) is 0 Å². The minimum absolute atomic E-state index is 0.0977. The summed E-state index contributed by atoms with van der Waals surface area (Å²) in [4.78, 5) is 15.3. The van der Waals surface area contributed by atoms with E-state index in [9.17, 15) is 9.18 Å². The lowest BCUT2D eigenvalue weighted by atomic mass is 10.3. The van der Waals surface area contributed by atoms with Crippen molar-refractivity contribution in [2.45, 2.75) is 0 Å². The third-order valence-corrected chi connectivity index (χ3v) is 2.04. The second kappa shape index (κ2) is 4.84. The highest BCUT2D eigenvalue weighted by Gasteiger charge is 2.08. The third kappa shape index (κ3) is 2.94. The highest BCUT2D eigenvalue weighted by atomic mass is 35.5. The lowest BCUT2D eigenvalue weighted by Gasteiger charge is -2.02. The minimum Gasteiger partial charge on any atom is -0.305 e. The fourth-order valence-electron chi connectivity index (χ4n) is 1.07. The molecular formula is C10H6ClFN4O. The summed E-state index contributed by atoms with van der Waals surface area (Å²) >= 11 is 5.53. The summed E-state index contributed by atoms with van der Waals surface area (Å²) in [5.74, 6) is -0.740. The summed E-state index contributed by atoms with van der Waals surface area (Å²) in [6.45, 7) is 0. The predicted molar refractivity (Wildman–Crippen MR) is 59.2 cm³/mol. The molecule has 0 aliphatic rings. The molecule has 0 bridgehead atoms. The van der Waals surface area contributed by atoms with Crippen molar-refractivity contribution in [3.63, 3.8) is 0 Å². The van der Waals surface area contributed by atoms with Gasteiger partial charge < -0.3 is 5.32 Å². The Bertz CT molecular complexity index is 529. The van der Waals surface area contributed by atoms with Crippen molar-refractivity contribution in [1.82, 2.24) is 15.2 Å². The van der Waals surface area contributed by atoms with E-state index in [2.05, 4.69) is 20.5 Å². The van der Waals surface area contributed by atoms with E-state index < -0.39 is 11.7 Å². The fourth-order valence-corrected chi connectivity index (χ4v) is 1.17. The van der Waals surface area contributed by atoms with Crippen molar-refractivity contribution in [2.24, 2.45) is 0 Å². The van der Waals surface area contributed by atoms with Gasteiger partial charge in [0, 0.05) is 0 Å². The first-order chi connectivity index (χ1) is 8.15. The van der Waals surface area contributed by atoms with Crippen LogP contribution in [0.15, 0.2) is 30.5 Å². The molecule has 2 aromatic rings. The molecule has 1 amide bonds. The van der Waals surface area contributed by atoms with Gasteiger partial charge in [-0.3, -0.25) is 4.79 Å². The van der Waals surface area contributed by atoms with Crippen LogP contribution >= 0.6 is 11.6 Å². The summed E-state index contributed by atoms with van der Waals surface area (Å²) in [6, 6.07) is 5.41. The van der Waals surface area contributed by atoms with Crippen LogP contribution in [0.3, 0.4) is 0 Å². The number of aromatic nitrogens is 3. The summed E-state index contributed by atoms with van der Waals surface area (Å²) < 4.78 is 12.6. The number of hydrogen-bond acceptors (Lipinski definition) is 4. The largest absolute Gasteiger partial charge is 0.305 e. The average molecular weight is 253 g/mol. The first-order valence-corrected chi connectivity index (χ1v) is 4.95. The van der Waals surface area contributed by atoms with Gasteiger partial charge in [0.05, 0.1) is 6.20 Å². The smallest absolute Gasteiger partial charge is 0.277 e. The Hall–Kier alpha value is -2.08. The zero-order chi connectivity index (χ0) is 12.3. The zero-order valence-corrected chi connectivity index (χ0v) is 9.15. The quantitative estimate of drug-likeness (QED) is 0.887. The monoisotopic (exact) mass is 252 g/mol. The van der Waals surface area contributed by atoms with Gasteiger partial charge in [0.25, 0.3) is 5.91 Å². The Labute approximate surface area is 101 Å². The lowest BCUT2D eigenvalue weighted by molar-refractivity contribution is 0.102. The number of halogens is 2. The Balaban J connectivity index is 2.11. The number of carbonyl (C=O) groups excluding carboxylic acids is 1. The first-order valence-electron chi connectivity index (χ1n) is 4.57. The number of nitrogens with one attached hydrogen (secondary N) is 1. The number of anilines is 1. The van der Waals surface area contributed by atoms with Gasteiger partial charge in [-0.15, -0.1) is 10.2 Å². The molecule has 0 atom stereocenters. The standard InChI is InChI=1S/C10H6ClFN4O/c11-8-3-2-7(15-16-8)10(17)14-9-4-1-6(12)5-13-9/h1-5H,(H,13,14,17). The third-order valence-electron chi connectivity index (χ3n) is 1.83. The average Bonchev–Trinajstić information content (AvgIpc) is 2.33. The number of rotatable bonds is 2. The Morgan fingerprint density at radius 1 is 1.24 bits per heavy atom. The maximum Gasteiger partial charge on any atom is 0.277 e. The Kier molecular flexibility index (Phi) is 3.24. The van der Waals surface area contributed by atoms with Gasteiger partial charge in [-0.25, -0.2) is 9.37 Å². The van der Waals surface area contributed by atoms with E-state index >= 15 is 0 Å². The van der Waals surface area contributed by atoms with Crippen LogP contribution in [-0.4, -0.2) is 21.1 Å². The molecule has 86 valence electrons. The normalized spacial score (nSPS) is 10.0. The van der Waals surface area contributed by atoms with Crippen molar-refractivity contribution in [3.8, 4) is 0 Å². The van der Waals surface area contributed by atoms with E-state index in [4.69, 9.17) is 11.6 Å². The van der Waals surface area contributed by atoms with E-state index in [0.717, 1.165) is 6.20 Å². The van der Waals surface area contributed by atoms with E-state index in [1.807, 2.05) is 0 Å². The van der Waals surface area contributed by atoms with Crippen LogP contribution in [0.5, 0.6) is 0 Å². The van der Waals surface area contributed by atoms with Gasteiger partial charge in [0.15, 0.2) is 10.8 Å². The summed E-state index contributed by atoms with van der Waals surface area (Å²) in [5, 5.41) is 9.76. The summed E-state index contributed by atoms with van der Waals surface area (Å²) in [5.41, 5.74) is 0.0977. The number of carbonyl (C=O) groups is 1. The van der Waals surface area contributed by atoms with Crippen molar-refractivity contribution in [3.05, 3.63) is 47.1 Å². The molecule has 0 unspecified atom stereocenters. The Morgan fingerprint density at radius 3 is 2.65 bits per heavy atom. The van der Waals surface area contributed by atoms with Crippen LogP contribution in [0, 0.1) is 5.82 Å². The maximum absolute atomic E-state index is 12.6. The molecule has 2 heterocycles. The molecule has 0 fully saturated rings. The lowest BCUT2D eigenvalue weighted by Crippen LogP contribution is -2.15. The van der Waals surface area contributed by atoms with Crippen LogP contribution < -0.4 is 5.32 Å². The molecule has 17 heavy (non-hydrogen) atoms. The van der Waals surface area contributed by atoms with Crippen LogP contribution in [0.2, 0.25) is 5.15 Å². The molecule has 0 saturated carbocycles. The van der Waals surface area contributed by atoms with Gasteiger partial charge in [-0.1, -0.05) is 11.6 Å². The molecule has 0 aromatic carbocycles. The molecule has 5 nitrogen and oxygen atoms in total. The molecule has 0 spiro atoms. The fraction of sp³-hybridized carbons (Fsp3) is 0. The summed E-state index contributed by atoms with van der Waals surface area (Å²) in [7, 11) is 0. The minimum atomic E-state index is -0.492. The molecule has 0 aliphatic carbocycles. The number of amides is 1. The summed E-state index contributed by atoms with van der Waals surface area (Å²) in [6.07, 6.45) is 1.00. The van der Waals surface area contributed by atoms with Crippen LogP contribution in [-0.2, 0) is 0 Å². The topological polar surface area (TPSA) is 67.8 Å². The molecule has 2 aromatic heterocycles. The molecule has 2 rings (SSSR count). The molecular weight excluding hydrogens is 247 g/mol. The molecule has 0 saturated heterocycles. The van der Waals surface area contributed by atoms with Crippen molar-refractivity contribution < 1.29 is 9.18 Å². The maximum atomic E-state index is 12.6. The molecule has 1 N–H and O–H groups in total. The van der Waals surface area contributed by atoms with Crippen molar-refractivity contribution in [2.75, 3.05) is 5.32 Å². The predicted octanol–water partition coefficient (Wildman–Crippen LogP) is 1.92. The van der Waals surface area contributed by atoms with Gasteiger partial charge >= 0.3 is 0 Å². The number of hydrogen-bond donors (Lipinski definition) is 1. The second-order valence-electron chi connectivity index (χ2n) is 3.06. The van der Waals surface area contributed by atoms with Gasteiger partial charge in [0.2, 0.25) is 0 Å². The van der Waals surface area contributed by atoms with Gasteiger partial charge in [0.1, 0.15) is 11.6 Å². The van der Waals surface area contributed by atoms with Crippen LogP contribution in [0.1, 0.15) is 10.5 Å². The van der Waals surface area contributed by atoms with E-state index in [1.54, 1.807) is 0 Å². The van der Waals surface area contributed by atoms with E-state index in [-0.39, 0.29) is 16.7 Å². The van der Waals surface area contributed by atoms with Gasteiger partial charge in [-0.2, -0.15) is 0 Å². The second-order valence-corrected chi connectivity index (χ2v) is 3.44. The zero-order valence-electron chi connectivity index (χ0n) is 8.39. The Morgan fingerprint density at radius 2 is 2.06 bits per heavy atom. The van der Waals surface area contributed by atoms with Crippen LogP contribution in [0.4, 0.5) is 10.2 Å². The molecule has 0 aliphatic heterocycles. The molecule has 0 radical (unpaired) electrons. The van der Waals surface area contributed by atoms with Crippen molar-refractivity contribution in [1.29, 1.82) is 0 Å². The number of nitrogens with zero attached hydrogens (tertiary/aromatic N) is 3. The van der Waals surface area contributed by atoms with Crippen molar-refractivity contribution >= 4 is 23.3 Å². The SMILES string of the molecule is O=C(Nc1ccc(F)cn1)c1ccc(Cl)nn1. The highest BCUT2D eigenvalue weighted by Crippen LogP contribution is 2.07. The first kappa shape index (κ1) is 11.4. The van der Waals surface area contributed by atoms with E-state index in [1.165, 1.54) is 24.3 Å². The molecule has 7 heteroatoms.